The Morgan fingerprint density at radius 1 is 1.13 bits per heavy atom. The Kier molecular flexibility index (Phi) is 10.3. The number of aliphatic hydroxyl groups excluding tert-OH is 1. The second-order valence-corrected chi connectivity index (χ2v) is 8.09. The molecule has 0 saturated carbocycles. The van der Waals surface area contributed by atoms with Crippen molar-refractivity contribution >= 4 is 16.6 Å². The zero-order valence-corrected chi connectivity index (χ0v) is 21.9. The van der Waals surface area contributed by atoms with Gasteiger partial charge in [-0.3, -0.25) is 4.79 Å². The zero-order chi connectivity index (χ0) is 22.4. The van der Waals surface area contributed by atoms with Gasteiger partial charge in [0.1, 0.15) is 0 Å². The first kappa shape index (κ1) is 26.7. The van der Waals surface area contributed by atoms with Gasteiger partial charge in [0.05, 0.1) is 5.76 Å². The molecular weight excluding hydrogens is 563 g/mol. The Hall–Kier alpha value is -2.29. The molecule has 0 amide bonds. The van der Waals surface area contributed by atoms with Crippen LogP contribution in [0.2, 0.25) is 0 Å². The third-order valence-corrected chi connectivity index (χ3v) is 4.85. The average Bonchev–Trinajstić information content (AvgIpc) is 2.65. The summed E-state index contributed by atoms with van der Waals surface area (Å²) in [5, 5.41) is 10.9. The Morgan fingerprint density at radius 3 is 2.29 bits per heavy atom. The van der Waals surface area contributed by atoms with Crippen LogP contribution in [0.3, 0.4) is 0 Å². The molecule has 0 aliphatic heterocycles. The van der Waals surface area contributed by atoms with Crippen molar-refractivity contribution in [1.29, 1.82) is 0 Å². The molecule has 0 atom stereocenters. The van der Waals surface area contributed by atoms with Crippen molar-refractivity contribution in [3.05, 3.63) is 76.7 Å². The number of hydrogen-bond acceptors (Lipinski definition) is 3. The number of aliphatic hydroxyl groups is 1. The first-order valence-corrected chi connectivity index (χ1v) is 10.4. The average molecular weight is 595 g/mol. The largest absolute Gasteiger partial charge is 0.512 e. The summed E-state index contributed by atoms with van der Waals surface area (Å²) in [6, 6.07) is 14.6. The number of rotatable bonds is 4. The van der Waals surface area contributed by atoms with Gasteiger partial charge in [-0.05, 0) is 59.8 Å². The van der Waals surface area contributed by atoms with E-state index >= 15 is 0 Å². The van der Waals surface area contributed by atoms with Crippen molar-refractivity contribution in [2.45, 2.75) is 60.8 Å². The molecule has 3 rings (SSSR count). The van der Waals surface area contributed by atoms with Gasteiger partial charge in [-0.1, -0.05) is 46.8 Å². The summed E-state index contributed by atoms with van der Waals surface area (Å²) in [7, 11) is 0. The minimum absolute atomic E-state index is 0. The third-order valence-electron chi connectivity index (χ3n) is 4.85. The van der Waals surface area contributed by atoms with Gasteiger partial charge < -0.3 is 10.1 Å². The molecule has 4 heteroatoms. The number of nitrogens with zero attached hydrogens (tertiary/aromatic N) is 1. The van der Waals surface area contributed by atoms with Gasteiger partial charge in [0.2, 0.25) is 0 Å². The fourth-order valence-corrected chi connectivity index (χ4v) is 3.54. The standard InChI is InChI=1S/C22H24N.C5H8O2.Ir/c1-6-17-12-18(14(2)3)13-21-20(17)7-8-23-22(21)19-10-15(4)9-16(5)11-19;1-4(6)3-5(2)7;/h7-10,12-14H,6H2,1-5H3;3,6H,1-2H3;/q-1;;/b;4-3-;. The smallest absolute Gasteiger partial charge is 0.155 e. The van der Waals surface area contributed by atoms with Gasteiger partial charge in [0.15, 0.2) is 5.78 Å². The molecule has 31 heavy (non-hydrogen) atoms. The van der Waals surface area contributed by atoms with Gasteiger partial charge in [0, 0.05) is 32.4 Å². The van der Waals surface area contributed by atoms with Crippen LogP contribution in [-0.4, -0.2) is 15.9 Å². The monoisotopic (exact) mass is 595 g/mol. The van der Waals surface area contributed by atoms with Crippen LogP contribution in [-0.2, 0) is 31.3 Å². The number of hydrogen-bond donors (Lipinski definition) is 1. The van der Waals surface area contributed by atoms with Crippen LogP contribution >= 0.6 is 0 Å². The van der Waals surface area contributed by atoms with Crippen molar-refractivity contribution in [2.24, 2.45) is 0 Å². The third kappa shape index (κ3) is 7.41. The van der Waals surface area contributed by atoms with E-state index in [-0.39, 0.29) is 31.6 Å². The van der Waals surface area contributed by atoms with Crippen LogP contribution in [0.1, 0.15) is 62.8 Å². The van der Waals surface area contributed by atoms with Crippen LogP contribution in [0, 0.1) is 19.9 Å². The van der Waals surface area contributed by atoms with Gasteiger partial charge in [-0.15, -0.1) is 34.9 Å². The molecule has 0 saturated heterocycles. The molecule has 167 valence electrons. The van der Waals surface area contributed by atoms with Crippen molar-refractivity contribution < 1.29 is 30.0 Å². The summed E-state index contributed by atoms with van der Waals surface area (Å²) < 4.78 is 0. The maximum atomic E-state index is 10.0. The zero-order valence-electron chi connectivity index (χ0n) is 19.5. The predicted octanol–water partition coefficient (Wildman–Crippen LogP) is 7.04. The number of carbonyl (C=O) groups excluding carboxylic acids is 1. The molecule has 1 radical (unpaired) electrons. The fourth-order valence-electron chi connectivity index (χ4n) is 3.54. The van der Waals surface area contributed by atoms with Crippen molar-refractivity contribution in [3.8, 4) is 11.3 Å². The van der Waals surface area contributed by atoms with E-state index in [4.69, 9.17) is 10.1 Å². The Bertz CT molecular complexity index is 1060. The van der Waals surface area contributed by atoms with E-state index in [1.165, 1.54) is 47.4 Å². The molecule has 0 aliphatic rings. The molecule has 0 aliphatic carbocycles. The summed E-state index contributed by atoms with van der Waals surface area (Å²) in [5.41, 5.74) is 7.34. The van der Waals surface area contributed by atoms with E-state index in [0.29, 0.717) is 5.92 Å². The normalized spacial score (nSPS) is 11.0. The molecule has 0 fully saturated rings. The van der Waals surface area contributed by atoms with Gasteiger partial charge in [0.25, 0.3) is 0 Å². The number of benzene rings is 2. The minimum atomic E-state index is -0.125. The SMILES string of the molecule is CC(=O)/C=C(/C)O.CCc1cc(C(C)C)cc2c(-c3[c-]c(C)cc(C)c3)nccc12.[Ir]. The number of ketones is 1. The van der Waals surface area contributed by atoms with Crippen LogP contribution in [0.25, 0.3) is 22.0 Å². The maximum absolute atomic E-state index is 10.0. The number of fused-ring (bicyclic) bond motifs is 1. The van der Waals surface area contributed by atoms with E-state index in [2.05, 4.69) is 71.0 Å². The number of pyridine rings is 1. The second kappa shape index (κ2) is 11.9. The Balaban J connectivity index is 0.000000523. The molecular formula is C27H32IrNO2-. The molecule has 1 heterocycles. The molecule has 0 spiro atoms. The maximum Gasteiger partial charge on any atom is 0.155 e. The van der Waals surface area contributed by atoms with Crippen LogP contribution in [0.15, 0.2) is 48.4 Å². The molecule has 3 nitrogen and oxygen atoms in total. The van der Waals surface area contributed by atoms with Crippen molar-refractivity contribution in [3.63, 3.8) is 0 Å². The van der Waals surface area contributed by atoms with E-state index in [0.717, 1.165) is 23.2 Å². The molecule has 0 unspecified atom stereocenters. The van der Waals surface area contributed by atoms with Crippen molar-refractivity contribution in [1.82, 2.24) is 4.98 Å². The van der Waals surface area contributed by atoms with Gasteiger partial charge in [-0.2, -0.15) is 0 Å². The molecule has 1 aromatic heterocycles. The Labute approximate surface area is 200 Å². The summed E-state index contributed by atoms with van der Waals surface area (Å²) in [6.07, 6.45) is 4.13. The summed E-state index contributed by atoms with van der Waals surface area (Å²) in [5.74, 6) is 0.452. The van der Waals surface area contributed by atoms with E-state index in [1.807, 2.05) is 6.20 Å². The molecule has 3 aromatic rings. The molecule has 2 aromatic carbocycles. The number of aromatic nitrogens is 1. The number of allylic oxidation sites excluding steroid dienone is 2. The first-order chi connectivity index (χ1) is 14.1. The van der Waals surface area contributed by atoms with Crippen LogP contribution in [0.5, 0.6) is 0 Å². The van der Waals surface area contributed by atoms with E-state index < -0.39 is 0 Å². The molecule has 1 N–H and O–H groups in total. The van der Waals surface area contributed by atoms with Gasteiger partial charge >= 0.3 is 0 Å². The topological polar surface area (TPSA) is 50.2 Å². The van der Waals surface area contributed by atoms with E-state index in [1.54, 1.807) is 0 Å². The number of carbonyl (C=O) groups is 1. The Morgan fingerprint density at radius 2 is 1.81 bits per heavy atom. The second-order valence-electron chi connectivity index (χ2n) is 8.09. The predicted molar refractivity (Wildman–Crippen MR) is 126 cm³/mol. The van der Waals surface area contributed by atoms with Crippen LogP contribution in [0.4, 0.5) is 0 Å². The molecule has 0 bridgehead atoms. The van der Waals surface area contributed by atoms with E-state index in [9.17, 15) is 4.79 Å². The summed E-state index contributed by atoms with van der Waals surface area (Å²) in [6.45, 7) is 13.8. The fraction of sp³-hybridized carbons (Fsp3) is 0.333. The quantitative estimate of drug-likeness (QED) is 0.200. The minimum Gasteiger partial charge on any atom is -0.512 e. The van der Waals surface area contributed by atoms with Crippen molar-refractivity contribution in [2.75, 3.05) is 0 Å². The number of aryl methyl sites for hydroxylation is 3. The van der Waals surface area contributed by atoms with Gasteiger partial charge in [-0.25, -0.2) is 0 Å². The summed E-state index contributed by atoms with van der Waals surface area (Å²) >= 11 is 0. The van der Waals surface area contributed by atoms with Crippen LogP contribution < -0.4 is 0 Å². The first-order valence-electron chi connectivity index (χ1n) is 10.4. The summed E-state index contributed by atoms with van der Waals surface area (Å²) in [4.78, 5) is 14.7.